The molecule has 0 spiro atoms. The van der Waals surface area contributed by atoms with Crippen molar-refractivity contribution in [2.24, 2.45) is 5.92 Å². The first-order valence-corrected chi connectivity index (χ1v) is 9.38. The molecule has 1 saturated carbocycles. The fourth-order valence-corrected chi connectivity index (χ4v) is 3.34. The van der Waals surface area contributed by atoms with Crippen molar-refractivity contribution in [3.8, 4) is 0 Å². The average Bonchev–Trinajstić information content (AvgIpc) is 3.23. The lowest BCUT2D eigenvalue weighted by Crippen LogP contribution is -2.28. The van der Waals surface area contributed by atoms with Gasteiger partial charge < -0.3 is 0 Å². The van der Waals surface area contributed by atoms with Crippen LogP contribution in [0.15, 0.2) is 12.1 Å². The molecule has 2 rings (SSSR count). The lowest BCUT2D eigenvalue weighted by atomic mass is 9.95. The summed E-state index contributed by atoms with van der Waals surface area (Å²) >= 11 is 5.74. The molecule has 0 amide bonds. The van der Waals surface area contributed by atoms with Crippen molar-refractivity contribution in [1.82, 2.24) is 4.72 Å². The molecule has 1 aliphatic carbocycles. The van der Waals surface area contributed by atoms with Crippen molar-refractivity contribution in [1.29, 1.82) is 0 Å². The molecule has 1 atom stereocenters. The first kappa shape index (κ1) is 18.0. The lowest BCUT2D eigenvalue weighted by molar-refractivity contribution is -0.119. The van der Waals surface area contributed by atoms with E-state index in [1.807, 2.05) is 0 Å². The second kappa shape index (κ2) is 6.67. The Hall–Kier alpha value is -1.31. The highest BCUT2D eigenvalue weighted by Gasteiger charge is 2.32. The zero-order valence-electron chi connectivity index (χ0n) is 12.7. The fourth-order valence-electron chi connectivity index (χ4n) is 2.42. The van der Waals surface area contributed by atoms with E-state index < -0.39 is 27.7 Å². The van der Waals surface area contributed by atoms with Crippen LogP contribution >= 0.6 is 11.6 Å². The standard InChI is InChI=1S/C15H17ClFNO4S/c1-8(18-23(2,21)22)14-10(5-6-11(16)15(14)17)13(20)7-12(19)9-3-4-9/h5-6,8-9,18H,3-4,7H2,1-2H3. The highest BCUT2D eigenvalue weighted by molar-refractivity contribution is 7.88. The highest BCUT2D eigenvalue weighted by Crippen LogP contribution is 2.33. The third-order valence-corrected chi connectivity index (χ3v) is 4.70. The Balaban J connectivity index is 2.36. The Labute approximate surface area is 139 Å². The largest absolute Gasteiger partial charge is 0.299 e. The topological polar surface area (TPSA) is 80.3 Å². The smallest absolute Gasteiger partial charge is 0.209 e. The predicted octanol–water partition coefficient (Wildman–Crippen LogP) is 2.64. The third kappa shape index (κ3) is 4.59. The summed E-state index contributed by atoms with van der Waals surface area (Å²) in [7, 11) is -3.61. The van der Waals surface area contributed by atoms with Gasteiger partial charge in [-0.25, -0.2) is 17.5 Å². The quantitative estimate of drug-likeness (QED) is 0.598. The number of carbonyl (C=O) groups is 2. The van der Waals surface area contributed by atoms with Crippen LogP contribution in [0.5, 0.6) is 0 Å². The first-order valence-electron chi connectivity index (χ1n) is 7.11. The molecule has 0 aliphatic heterocycles. The molecule has 1 unspecified atom stereocenters. The Morgan fingerprint density at radius 1 is 1.39 bits per heavy atom. The Morgan fingerprint density at radius 3 is 2.52 bits per heavy atom. The summed E-state index contributed by atoms with van der Waals surface area (Å²) in [5.74, 6) is -1.64. The molecular weight excluding hydrogens is 345 g/mol. The van der Waals surface area contributed by atoms with Gasteiger partial charge in [-0.15, -0.1) is 0 Å². The van der Waals surface area contributed by atoms with E-state index in [1.165, 1.54) is 19.1 Å². The second-order valence-electron chi connectivity index (χ2n) is 5.77. The summed E-state index contributed by atoms with van der Waals surface area (Å²) in [6.45, 7) is 1.41. The number of hydrogen-bond acceptors (Lipinski definition) is 4. The molecule has 0 heterocycles. The van der Waals surface area contributed by atoms with Crippen LogP contribution in [0.2, 0.25) is 5.02 Å². The van der Waals surface area contributed by atoms with E-state index in [-0.39, 0.29) is 34.3 Å². The number of sulfonamides is 1. The van der Waals surface area contributed by atoms with Gasteiger partial charge in [-0.3, -0.25) is 9.59 Å². The zero-order chi connectivity index (χ0) is 17.4. The SMILES string of the molecule is CC(NS(C)(=O)=O)c1c(C(=O)CC(=O)C2CC2)ccc(Cl)c1F. The van der Waals surface area contributed by atoms with Crippen LogP contribution in [0.25, 0.3) is 0 Å². The average molecular weight is 362 g/mol. The molecule has 0 radical (unpaired) electrons. The summed E-state index contributed by atoms with van der Waals surface area (Å²) in [5.41, 5.74) is -0.166. The number of hydrogen-bond donors (Lipinski definition) is 1. The van der Waals surface area contributed by atoms with Crippen molar-refractivity contribution < 1.29 is 22.4 Å². The van der Waals surface area contributed by atoms with E-state index in [0.29, 0.717) is 0 Å². The van der Waals surface area contributed by atoms with E-state index in [4.69, 9.17) is 11.6 Å². The minimum atomic E-state index is -3.61. The number of carbonyl (C=O) groups excluding carboxylic acids is 2. The minimum absolute atomic E-state index is 0.0236. The molecule has 5 nitrogen and oxygen atoms in total. The van der Waals surface area contributed by atoms with Crippen LogP contribution in [0, 0.1) is 11.7 Å². The maximum absolute atomic E-state index is 14.4. The molecule has 1 aliphatic rings. The molecule has 23 heavy (non-hydrogen) atoms. The molecule has 1 aromatic carbocycles. The highest BCUT2D eigenvalue weighted by atomic mass is 35.5. The maximum atomic E-state index is 14.4. The molecule has 0 saturated heterocycles. The van der Waals surface area contributed by atoms with E-state index >= 15 is 0 Å². The van der Waals surface area contributed by atoms with Crippen molar-refractivity contribution >= 4 is 33.2 Å². The zero-order valence-corrected chi connectivity index (χ0v) is 14.3. The van der Waals surface area contributed by atoms with E-state index in [0.717, 1.165) is 19.1 Å². The lowest BCUT2D eigenvalue weighted by Gasteiger charge is -2.18. The number of ketones is 2. The molecule has 1 N–H and O–H groups in total. The van der Waals surface area contributed by atoms with E-state index in [2.05, 4.69) is 4.72 Å². The molecule has 0 aromatic heterocycles. The van der Waals surface area contributed by atoms with Crippen LogP contribution in [0.4, 0.5) is 4.39 Å². The summed E-state index contributed by atoms with van der Waals surface area (Å²) in [5, 5.41) is -0.216. The number of halogens is 2. The van der Waals surface area contributed by atoms with Gasteiger partial charge in [-0.05, 0) is 31.9 Å². The Kier molecular flexibility index (Phi) is 5.23. The van der Waals surface area contributed by atoms with Crippen LogP contribution in [0.1, 0.15) is 48.1 Å². The van der Waals surface area contributed by atoms with Gasteiger partial charge >= 0.3 is 0 Å². The van der Waals surface area contributed by atoms with Crippen molar-refractivity contribution in [2.75, 3.05) is 6.26 Å². The van der Waals surface area contributed by atoms with Crippen LogP contribution in [0.3, 0.4) is 0 Å². The summed E-state index contributed by atoms with van der Waals surface area (Å²) in [6, 6.07) is 1.56. The fraction of sp³-hybridized carbons (Fsp3) is 0.467. The van der Waals surface area contributed by atoms with Crippen LogP contribution in [-0.4, -0.2) is 26.2 Å². The summed E-state index contributed by atoms with van der Waals surface area (Å²) in [6.07, 6.45) is 2.17. The van der Waals surface area contributed by atoms with Gasteiger partial charge in [0, 0.05) is 23.1 Å². The van der Waals surface area contributed by atoms with Crippen LogP contribution in [-0.2, 0) is 14.8 Å². The summed E-state index contributed by atoms with van der Waals surface area (Å²) in [4.78, 5) is 24.1. The summed E-state index contributed by atoms with van der Waals surface area (Å²) < 4.78 is 39.3. The molecular formula is C15H17ClFNO4S. The molecule has 8 heteroatoms. The minimum Gasteiger partial charge on any atom is -0.299 e. The van der Waals surface area contributed by atoms with Crippen molar-refractivity contribution in [3.63, 3.8) is 0 Å². The van der Waals surface area contributed by atoms with Gasteiger partial charge in [0.05, 0.1) is 17.7 Å². The second-order valence-corrected chi connectivity index (χ2v) is 7.96. The number of Topliss-reactive ketones (excluding diaryl/α,β-unsaturated/α-hetero) is 2. The monoisotopic (exact) mass is 361 g/mol. The number of nitrogens with one attached hydrogen (secondary N) is 1. The van der Waals surface area contributed by atoms with Gasteiger partial charge in [0.25, 0.3) is 0 Å². The molecule has 0 bridgehead atoms. The number of benzene rings is 1. The van der Waals surface area contributed by atoms with Crippen molar-refractivity contribution in [3.05, 3.63) is 34.1 Å². The Morgan fingerprint density at radius 2 is 2.00 bits per heavy atom. The van der Waals surface area contributed by atoms with Gasteiger partial charge in [0.1, 0.15) is 11.6 Å². The van der Waals surface area contributed by atoms with Gasteiger partial charge in [0.2, 0.25) is 10.0 Å². The van der Waals surface area contributed by atoms with Crippen LogP contribution < -0.4 is 4.72 Å². The maximum Gasteiger partial charge on any atom is 0.209 e. The first-order chi connectivity index (χ1) is 10.6. The molecule has 126 valence electrons. The Bertz CT molecular complexity index is 759. The van der Waals surface area contributed by atoms with Crippen molar-refractivity contribution in [2.45, 2.75) is 32.2 Å². The van der Waals surface area contributed by atoms with Gasteiger partial charge in [-0.2, -0.15) is 0 Å². The molecule has 1 aromatic rings. The van der Waals surface area contributed by atoms with E-state index in [1.54, 1.807) is 0 Å². The van der Waals surface area contributed by atoms with Gasteiger partial charge in [0.15, 0.2) is 5.78 Å². The van der Waals surface area contributed by atoms with Gasteiger partial charge in [-0.1, -0.05) is 11.6 Å². The van der Waals surface area contributed by atoms with E-state index in [9.17, 15) is 22.4 Å². The third-order valence-electron chi connectivity index (χ3n) is 3.62. The number of rotatable bonds is 7. The molecule has 1 fully saturated rings. The normalized spacial score (nSPS) is 16.2. The predicted molar refractivity (Wildman–Crippen MR) is 84.5 cm³/mol.